The van der Waals surface area contributed by atoms with E-state index in [-0.39, 0.29) is 30.9 Å². The van der Waals surface area contributed by atoms with Gasteiger partial charge in [-0.15, -0.1) is 0 Å². The van der Waals surface area contributed by atoms with E-state index in [4.69, 9.17) is 16.3 Å². The smallest absolute Gasteiger partial charge is 0.226 e. The summed E-state index contributed by atoms with van der Waals surface area (Å²) in [7, 11) is 0. The molecule has 2 aromatic rings. The van der Waals surface area contributed by atoms with E-state index >= 15 is 0 Å². The van der Waals surface area contributed by atoms with Crippen LogP contribution < -0.4 is 15.0 Å². The predicted octanol–water partition coefficient (Wildman–Crippen LogP) is 4.82. The summed E-state index contributed by atoms with van der Waals surface area (Å²) in [6, 6.07) is 12.6. The van der Waals surface area contributed by atoms with Crippen LogP contribution in [-0.4, -0.2) is 24.5 Å². The van der Waals surface area contributed by atoms with Crippen LogP contribution in [0.5, 0.6) is 5.75 Å². The molecular weight excluding hydrogens is 364 g/mol. The first-order valence-corrected chi connectivity index (χ1v) is 9.25. The fourth-order valence-electron chi connectivity index (χ4n) is 2.67. The molecule has 0 aliphatic heterocycles. The van der Waals surface area contributed by atoms with Crippen LogP contribution in [0.1, 0.15) is 32.8 Å². The van der Waals surface area contributed by atoms with E-state index in [2.05, 4.69) is 5.32 Å². The van der Waals surface area contributed by atoms with Crippen LogP contribution in [-0.2, 0) is 9.59 Å². The Morgan fingerprint density at radius 1 is 1.19 bits per heavy atom. The number of anilines is 2. The summed E-state index contributed by atoms with van der Waals surface area (Å²) in [6.07, 6.45) is 0.147. The monoisotopic (exact) mass is 388 g/mol. The third kappa shape index (κ3) is 6.00. The van der Waals surface area contributed by atoms with E-state index in [0.29, 0.717) is 22.1 Å². The average molecular weight is 389 g/mol. The Bertz CT molecular complexity index is 821. The Morgan fingerprint density at radius 2 is 1.89 bits per heavy atom. The number of carbonyl (C=O) groups is 2. The summed E-state index contributed by atoms with van der Waals surface area (Å²) in [4.78, 5) is 26.1. The topological polar surface area (TPSA) is 58.6 Å². The number of hydrogen-bond acceptors (Lipinski definition) is 3. The Labute approximate surface area is 165 Å². The lowest BCUT2D eigenvalue weighted by molar-refractivity contribution is -0.117. The van der Waals surface area contributed by atoms with E-state index < -0.39 is 0 Å². The molecule has 6 heteroatoms. The summed E-state index contributed by atoms with van der Waals surface area (Å²) >= 11 is 5.94. The summed E-state index contributed by atoms with van der Waals surface area (Å²) < 4.78 is 5.80. The minimum Gasteiger partial charge on any atom is -0.489 e. The number of para-hydroxylation sites is 2. The first kappa shape index (κ1) is 20.8. The third-order valence-electron chi connectivity index (χ3n) is 3.92. The number of nitrogens with zero attached hydrogens (tertiary/aromatic N) is 1. The zero-order valence-corrected chi connectivity index (χ0v) is 16.8. The number of amides is 2. The van der Waals surface area contributed by atoms with Crippen molar-refractivity contribution in [2.45, 2.75) is 40.2 Å². The zero-order chi connectivity index (χ0) is 20.0. The fourth-order valence-corrected chi connectivity index (χ4v) is 2.90. The molecule has 0 atom stereocenters. The minimum atomic E-state index is -0.172. The number of hydrogen-bond donors (Lipinski definition) is 1. The molecule has 144 valence electrons. The molecule has 0 radical (unpaired) electrons. The number of halogens is 1. The maximum atomic E-state index is 12.4. The highest BCUT2D eigenvalue weighted by molar-refractivity contribution is 6.30. The highest BCUT2D eigenvalue weighted by atomic mass is 35.5. The second-order valence-corrected chi connectivity index (χ2v) is 7.00. The largest absolute Gasteiger partial charge is 0.489 e. The highest BCUT2D eigenvalue weighted by Crippen LogP contribution is 2.29. The Balaban J connectivity index is 2.09. The first-order valence-electron chi connectivity index (χ1n) is 8.87. The molecule has 0 saturated carbocycles. The summed E-state index contributed by atoms with van der Waals surface area (Å²) in [6.45, 7) is 7.47. The van der Waals surface area contributed by atoms with Gasteiger partial charge in [0.15, 0.2) is 0 Å². The Hall–Kier alpha value is -2.53. The molecule has 0 unspecified atom stereocenters. The molecule has 0 aliphatic rings. The zero-order valence-electron chi connectivity index (χ0n) is 16.1. The van der Waals surface area contributed by atoms with Crippen molar-refractivity contribution >= 4 is 34.8 Å². The fraction of sp³-hybridized carbons (Fsp3) is 0.333. The van der Waals surface area contributed by atoms with Gasteiger partial charge in [0.05, 0.1) is 11.8 Å². The summed E-state index contributed by atoms with van der Waals surface area (Å²) in [5.41, 5.74) is 2.26. The second kappa shape index (κ2) is 9.42. The molecule has 0 heterocycles. The SMILES string of the molecule is CC(=O)N(CCC(=O)Nc1ccc(Cl)cc1C)c1ccccc1OC(C)C. The van der Waals surface area contributed by atoms with E-state index in [1.165, 1.54) is 6.92 Å². The van der Waals surface area contributed by atoms with Crippen LogP contribution in [0.25, 0.3) is 0 Å². The minimum absolute atomic E-state index is 0.0175. The van der Waals surface area contributed by atoms with Crippen molar-refractivity contribution in [3.05, 3.63) is 53.1 Å². The van der Waals surface area contributed by atoms with Gasteiger partial charge in [-0.2, -0.15) is 0 Å². The van der Waals surface area contributed by atoms with E-state index in [9.17, 15) is 9.59 Å². The molecule has 0 bridgehead atoms. The molecule has 5 nitrogen and oxygen atoms in total. The van der Waals surface area contributed by atoms with Gasteiger partial charge in [0, 0.05) is 30.6 Å². The van der Waals surface area contributed by atoms with Crippen molar-refractivity contribution in [1.29, 1.82) is 0 Å². The molecule has 0 aliphatic carbocycles. The van der Waals surface area contributed by atoms with Crippen molar-refractivity contribution < 1.29 is 14.3 Å². The number of carbonyl (C=O) groups excluding carboxylic acids is 2. The lowest BCUT2D eigenvalue weighted by atomic mass is 10.2. The maximum Gasteiger partial charge on any atom is 0.226 e. The normalized spacial score (nSPS) is 10.6. The summed E-state index contributed by atoms with van der Waals surface area (Å²) in [5, 5.41) is 3.48. The number of aryl methyl sites for hydroxylation is 1. The van der Waals surface area contributed by atoms with Gasteiger partial charge in [-0.3, -0.25) is 9.59 Å². The molecule has 27 heavy (non-hydrogen) atoms. The number of nitrogens with one attached hydrogen (secondary N) is 1. The highest BCUT2D eigenvalue weighted by Gasteiger charge is 2.18. The summed E-state index contributed by atoms with van der Waals surface area (Å²) in [5.74, 6) is 0.302. The van der Waals surface area contributed by atoms with E-state index in [1.54, 1.807) is 23.1 Å². The Kier molecular flexibility index (Phi) is 7.25. The number of benzene rings is 2. The predicted molar refractivity (Wildman–Crippen MR) is 110 cm³/mol. The van der Waals surface area contributed by atoms with Crippen LogP contribution >= 0.6 is 11.6 Å². The lowest BCUT2D eigenvalue weighted by Crippen LogP contribution is -2.32. The number of rotatable bonds is 7. The molecule has 0 fully saturated rings. The average Bonchev–Trinajstić information content (AvgIpc) is 2.58. The Morgan fingerprint density at radius 3 is 2.52 bits per heavy atom. The molecule has 2 aromatic carbocycles. The van der Waals surface area contributed by atoms with Gasteiger partial charge in [0.25, 0.3) is 0 Å². The van der Waals surface area contributed by atoms with E-state index in [1.807, 2.05) is 45.0 Å². The van der Waals surface area contributed by atoms with Crippen molar-refractivity contribution in [2.24, 2.45) is 0 Å². The standard InChI is InChI=1S/C21H25ClN2O3/c1-14(2)27-20-8-6-5-7-19(20)24(16(4)25)12-11-21(26)23-18-10-9-17(22)13-15(18)3/h5-10,13-14H,11-12H2,1-4H3,(H,23,26). The lowest BCUT2D eigenvalue weighted by Gasteiger charge is -2.24. The van der Waals surface area contributed by atoms with Crippen molar-refractivity contribution in [3.8, 4) is 5.75 Å². The van der Waals surface area contributed by atoms with Crippen LogP contribution in [0.4, 0.5) is 11.4 Å². The van der Waals surface area contributed by atoms with E-state index in [0.717, 1.165) is 5.56 Å². The van der Waals surface area contributed by atoms with Crippen molar-refractivity contribution in [2.75, 3.05) is 16.8 Å². The molecule has 0 aromatic heterocycles. The molecule has 2 amide bonds. The second-order valence-electron chi connectivity index (χ2n) is 6.56. The quantitative estimate of drug-likeness (QED) is 0.739. The first-order chi connectivity index (χ1) is 12.8. The molecule has 0 saturated heterocycles. The molecule has 1 N–H and O–H groups in total. The maximum absolute atomic E-state index is 12.4. The van der Waals surface area contributed by atoms with Gasteiger partial charge in [-0.25, -0.2) is 0 Å². The van der Waals surface area contributed by atoms with Crippen molar-refractivity contribution in [3.63, 3.8) is 0 Å². The third-order valence-corrected chi connectivity index (χ3v) is 4.16. The van der Waals surface area contributed by atoms with Gasteiger partial charge < -0.3 is 15.0 Å². The van der Waals surface area contributed by atoms with Crippen LogP contribution in [0.2, 0.25) is 5.02 Å². The van der Waals surface area contributed by atoms with Gasteiger partial charge in [0.2, 0.25) is 11.8 Å². The van der Waals surface area contributed by atoms with Gasteiger partial charge in [0.1, 0.15) is 5.75 Å². The van der Waals surface area contributed by atoms with Gasteiger partial charge >= 0.3 is 0 Å². The molecule has 0 spiro atoms. The van der Waals surface area contributed by atoms with Gasteiger partial charge in [-0.05, 0) is 56.7 Å². The van der Waals surface area contributed by atoms with Crippen LogP contribution in [0, 0.1) is 6.92 Å². The van der Waals surface area contributed by atoms with Crippen molar-refractivity contribution in [1.82, 2.24) is 0 Å². The van der Waals surface area contributed by atoms with Gasteiger partial charge in [-0.1, -0.05) is 23.7 Å². The van der Waals surface area contributed by atoms with Crippen LogP contribution in [0.3, 0.4) is 0 Å². The molecular formula is C21H25ClN2O3. The van der Waals surface area contributed by atoms with Crippen LogP contribution in [0.15, 0.2) is 42.5 Å². The number of ether oxygens (including phenoxy) is 1. The molecule has 2 rings (SSSR count).